The molecule has 17 heavy (non-hydrogen) atoms. The number of likely N-dealkylation sites (N-methyl/N-ethyl adjacent to an activating group) is 2. The van der Waals surface area contributed by atoms with Crippen molar-refractivity contribution in [2.75, 3.05) is 33.2 Å². The van der Waals surface area contributed by atoms with E-state index in [0.29, 0.717) is 11.9 Å². The molecule has 0 amide bonds. The summed E-state index contributed by atoms with van der Waals surface area (Å²) in [6, 6.07) is 0.671. The van der Waals surface area contributed by atoms with Crippen LogP contribution in [0.25, 0.3) is 0 Å². The van der Waals surface area contributed by atoms with E-state index >= 15 is 0 Å². The van der Waals surface area contributed by atoms with Gasteiger partial charge in [0.2, 0.25) is 0 Å². The summed E-state index contributed by atoms with van der Waals surface area (Å²) in [5.74, 6) is 0.414. The second kappa shape index (κ2) is 6.81. The number of nitrogens with zero attached hydrogens (tertiary/aromatic N) is 3. The Hall–Kier alpha value is -0.810. The van der Waals surface area contributed by atoms with Crippen molar-refractivity contribution in [1.29, 1.82) is 0 Å². The number of nitrogens with two attached hydrogens (primary N) is 1. The number of amidine groups is 1. The van der Waals surface area contributed by atoms with Crippen molar-refractivity contribution in [2.45, 2.75) is 32.7 Å². The van der Waals surface area contributed by atoms with Gasteiger partial charge in [-0.1, -0.05) is 19.0 Å². The van der Waals surface area contributed by atoms with Crippen LogP contribution in [-0.2, 0) is 0 Å². The van der Waals surface area contributed by atoms with Gasteiger partial charge in [0, 0.05) is 25.0 Å². The van der Waals surface area contributed by atoms with E-state index in [-0.39, 0.29) is 5.92 Å². The summed E-state index contributed by atoms with van der Waals surface area (Å²) in [4.78, 5) is 4.81. The highest BCUT2D eigenvalue weighted by Gasteiger charge is 2.24. The molecule has 0 spiro atoms. The van der Waals surface area contributed by atoms with Crippen LogP contribution in [0.1, 0.15) is 26.7 Å². The summed E-state index contributed by atoms with van der Waals surface area (Å²) in [5.41, 5.74) is 5.59. The predicted octanol–water partition coefficient (Wildman–Crippen LogP) is 0.785. The van der Waals surface area contributed by atoms with Crippen LogP contribution in [-0.4, -0.2) is 60.1 Å². The fourth-order valence-corrected chi connectivity index (χ4v) is 2.61. The SMILES string of the molecule is CCN1CCCC1CN(C)CC(C)C(N)=NO. The number of rotatable bonds is 6. The molecule has 0 saturated carbocycles. The normalized spacial score (nSPS) is 24.5. The van der Waals surface area contributed by atoms with E-state index in [1.807, 2.05) is 6.92 Å². The van der Waals surface area contributed by atoms with Crippen LogP contribution < -0.4 is 5.73 Å². The lowest BCUT2D eigenvalue weighted by molar-refractivity contribution is 0.192. The second-order valence-corrected chi connectivity index (χ2v) is 5.07. The maximum Gasteiger partial charge on any atom is 0.143 e. The minimum Gasteiger partial charge on any atom is -0.409 e. The first-order valence-corrected chi connectivity index (χ1v) is 6.48. The molecule has 1 fully saturated rings. The Morgan fingerprint density at radius 2 is 2.35 bits per heavy atom. The summed E-state index contributed by atoms with van der Waals surface area (Å²) in [6.07, 6.45) is 2.60. The maximum atomic E-state index is 8.62. The zero-order chi connectivity index (χ0) is 12.8. The van der Waals surface area contributed by atoms with Crippen LogP contribution in [0.4, 0.5) is 0 Å². The third-order valence-electron chi connectivity index (χ3n) is 3.63. The minimum atomic E-state index is 0.0986. The smallest absolute Gasteiger partial charge is 0.143 e. The molecule has 1 heterocycles. The average molecular weight is 242 g/mol. The van der Waals surface area contributed by atoms with Crippen LogP contribution in [0, 0.1) is 5.92 Å². The molecule has 0 aromatic carbocycles. The number of hydrogen-bond donors (Lipinski definition) is 2. The summed E-state index contributed by atoms with van der Waals surface area (Å²) < 4.78 is 0. The van der Waals surface area contributed by atoms with Crippen molar-refractivity contribution in [1.82, 2.24) is 9.80 Å². The first-order valence-electron chi connectivity index (χ1n) is 6.48. The molecule has 0 aromatic rings. The van der Waals surface area contributed by atoms with Crippen LogP contribution in [0.5, 0.6) is 0 Å². The van der Waals surface area contributed by atoms with E-state index in [1.54, 1.807) is 0 Å². The topological polar surface area (TPSA) is 65.1 Å². The van der Waals surface area contributed by atoms with Gasteiger partial charge >= 0.3 is 0 Å². The molecule has 1 aliphatic rings. The molecule has 2 atom stereocenters. The summed E-state index contributed by atoms with van der Waals surface area (Å²) in [5, 5.41) is 11.7. The van der Waals surface area contributed by atoms with Crippen LogP contribution in [0.2, 0.25) is 0 Å². The summed E-state index contributed by atoms with van der Waals surface area (Å²) in [7, 11) is 2.10. The molecule has 1 aliphatic heterocycles. The van der Waals surface area contributed by atoms with E-state index < -0.39 is 0 Å². The third-order valence-corrected chi connectivity index (χ3v) is 3.63. The highest BCUT2D eigenvalue weighted by molar-refractivity contribution is 5.82. The van der Waals surface area contributed by atoms with E-state index in [9.17, 15) is 0 Å². The van der Waals surface area contributed by atoms with Gasteiger partial charge in [-0.3, -0.25) is 4.90 Å². The third kappa shape index (κ3) is 4.16. The van der Waals surface area contributed by atoms with E-state index in [4.69, 9.17) is 10.9 Å². The van der Waals surface area contributed by atoms with Gasteiger partial charge in [0.15, 0.2) is 0 Å². The number of likely N-dealkylation sites (tertiary alicyclic amines) is 1. The van der Waals surface area contributed by atoms with E-state index in [2.05, 4.69) is 28.9 Å². The van der Waals surface area contributed by atoms with Gasteiger partial charge < -0.3 is 15.8 Å². The van der Waals surface area contributed by atoms with Crippen molar-refractivity contribution in [3.8, 4) is 0 Å². The lowest BCUT2D eigenvalue weighted by Crippen LogP contribution is -2.41. The highest BCUT2D eigenvalue weighted by Crippen LogP contribution is 2.17. The first-order chi connectivity index (χ1) is 8.08. The molecule has 0 aromatic heterocycles. The summed E-state index contributed by atoms with van der Waals surface area (Å²) >= 11 is 0. The van der Waals surface area contributed by atoms with Gasteiger partial charge in [-0.25, -0.2) is 0 Å². The summed E-state index contributed by atoms with van der Waals surface area (Å²) in [6.45, 7) is 8.47. The van der Waals surface area contributed by atoms with Crippen LogP contribution in [0.3, 0.4) is 0 Å². The molecule has 100 valence electrons. The molecule has 0 radical (unpaired) electrons. The van der Waals surface area contributed by atoms with Crippen molar-refractivity contribution >= 4 is 5.84 Å². The van der Waals surface area contributed by atoms with Crippen molar-refractivity contribution in [3.05, 3.63) is 0 Å². The van der Waals surface area contributed by atoms with Crippen molar-refractivity contribution in [3.63, 3.8) is 0 Å². The monoisotopic (exact) mass is 242 g/mol. The Morgan fingerprint density at radius 3 is 2.94 bits per heavy atom. The average Bonchev–Trinajstić information content (AvgIpc) is 2.74. The molecule has 5 nitrogen and oxygen atoms in total. The number of oxime groups is 1. The quantitative estimate of drug-likeness (QED) is 0.313. The Bertz CT molecular complexity index is 257. The molecular formula is C12H26N4O. The Morgan fingerprint density at radius 1 is 1.65 bits per heavy atom. The van der Waals surface area contributed by atoms with Gasteiger partial charge in [0.25, 0.3) is 0 Å². The van der Waals surface area contributed by atoms with E-state index in [1.165, 1.54) is 19.4 Å². The highest BCUT2D eigenvalue weighted by atomic mass is 16.4. The molecular weight excluding hydrogens is 216 g/mol. The number of hydrogen-bond acceptors (Lipinski definition) is 4. The zero-order valence-electron chi connectivity index (χ0n) is 11.3. The van der Waals surface area contributed by atoms with Gasteiger partial charge in [-0.05, 0) is 33.0 Å². The first kappa shape index (κ1) is 14.3. The largest absolute Gasteiger partial charge is 0.409 e. The fraction of sp³-hybridized carbons (Fsp3) is 0.917. The Labute approximate surface area is 104 Å². The Balaban J connectivity index is 2.36. The van der Waals surface area contributed by atoms with Crippen LogP contribution >= 0.6 is 0 Å². The lowest BCUT2D eigenvalue weighted by atomic mass is 10.1. The molecule has 3 N–H and O–H groups in total. The van der Waals surface area contributed by atoms with E-state index in [0.717, 1.165) is 19.6 Å². The standard InChI is InChI=1S/C12H26N4O/c1-4-16-7-5-6-11(16)9-15(3)8-10(2)12(13)14-17/h10-11,17H,4-9H2,1-3H3,(H2,13,14). The predicted molar refractivity (Wildman–Crippen MR) is 70.3 cm³/mol. The zero-order valence-corrected chi connectivity index (χ0v) is 11.3. The van der Waals surface area contributed by atoms with Gasteiger partial charge in [0.05, 0.1) is 0 Å². The molecule has 1 rings (SSSR count). The molecule has 0 aliphatic carbocycles. The van der Waals surface area contributed by atoms with Gasteiger partial charge in [0.1, 0.15) is 5.84 Å². The van der Waals surface area contributed by atoms with Gasteiger partial charge in [-0.15, -0.1) is 0 Å². The van der Waals surface area contributed by atoms with Crippen LogP contribution in [0.15, 0.2) is 5.16 Å². The van der Waals surface area contributed by atoms with Crippen molar-refractivity contribution in [2.24, 2.45) is 16.8 Å². The Kier molecular flexibility index (Phi) is 5.71. The molecule has 1 saturated heterocycles. The molecule has 5 heteroatoms. The molecule has 2 unspecified atom stereocenters. The molecule has 0 bridgehead atoms. The lowest BCUT2D eigenvalue weighted by Gasteiger charge is -2.28. The maximum absolute atomic E-state index is 8.62. The van der Waals surface area contributed by atoms with Gasteiger partial charge in [-0.2, -0.15) is 0 Å². The second-order valence-electron chi connectivity index (χ2n) is 5.07. The van der Waals surface area contributed by atoms with Crippen molar-refractivity contribution < 1.29 is 5.21 Å². The minimum absolute atomic E-state index is 0.0986. The fourth-order valence-electron chi connectivity index (χ4n) is 2.61.